The molecule has 0 radical (unpaired) electrons. The van der Waals surface area contributed by atoms with Gasteiger partial charge in [-0.05, 0) is 30.3 Å². The number of aliphatic hydroxyl groups excluding tert-OH is 1. The number of nitrogens with two attached hydrogens (primary N) is 1. The normalized spacial score (nSPS) is 21.9. The van der Waals surface area contributed by atoms with Gasteiger partial charge in [0.2, 0.25) is 6.23 Å². The van der Waals surface area contributed by atoms with Crippen LogP contribution in [-0.2, 0) is 9.16 Å². The third-order valence-corrected chi connectivity index (χ3v) is 8.90. The van der Waals surface area contributed by atoms with Gasteiger partial charge in [0.15, 0.2) is 8.32 Å². The van der Waals surface area contributed by atoms with E-state index in [4.69, 9.17) is 14.9 Å². The van der Waals surface area contributed by atoms with Crippen LogP contribution in [0.2, 0.25) is 18.1 Å². The molecule has 3 N–H and O–H groups in total. The van der Waals surface area contributed by atoms with Crippen molar-refractivity contribution in [3.63, 3.8) is 0 Å². The summed E-state index contributed by atoms with van der Waals surface area (Å²) in [5, 5.41) is 9.37. The standard InChI is InChI=1S/C15H25N3O4Si/c1-15(2,3)23(4,5)22-11-8-10(9-19)21-13(11)18-7-6-12(16)17-14(18)20/h6-8,11,13,19H,9H2,1-5H3,(H2,16,17,20)/t11?,13-/m1/s1. The minimum absolute atomic E-state index is 0.0116. The lowest BCUT2D eigenvalue weighted by molar-refractivity contribution is -0.00540. The molecule has 0 aromatic carbocycles. The third kappa shape index (κ3) is 3.65. The highest BCUT2D eigenvalue weighted by molar-refractivity contribution is 6.74. The average molecular weight is 339 g/mol. The zero-order chi connectivity index (χ0) is 17.4. The molecule has 0 fully saturated rings. The predicted octanol–water partition coefficient (Wildman–Crippen LogP) is 1.62. The zero-order valence-corrected chi connectivity index (χ0v) is 15.2. The second-order valence-electron chi connectivity index (χ2n) is 7.18. The van der Waals surface area contributed by atoms with E-state index in [1.54, 1.807) is 6.08 Å². The Morgan fingerprint density at radius 3 is 2.65 bits per heavy atom. The first-order chi connectivity index (χ1) is 10.5. The van der Waals surface area contributed by atoms with Crippen LogP contribution in [-0.4, -0.2) is 35.7 Å². The van der Waals surface area contributed by atoms with Gasteiger partial charge in [-0.1, -0.05) is 20.8 Å². The molecule has 2 atom stereocenters. The van der Waals surface area contributed by atoms with Crippen LogP contribution in [0.5, 0.6) is 0 Å². The van der Waals surface area contributed by atoms with E-state index in [0.29, 0.717) is 5.76 Å². The van der Waals surface area contributed by atoms with E-state index in [1.165, 1.54) is 16.8 Å². The lowest BCUT2D eigenvalue weighted by atomic mass is 10.2. The molecule has 0 bridgehead atoms. The third-order valence-electron chi connectivity index (χ3n) is 4.42. The SMILES string of the molecule is CC(C)(C)[Si](C)(C)OC1C=C(CO)O[C@H]1n1ccc(N)nc1=O. The average Bonchev–Trinajstić information content (AvgIpc) is 2.79. The van der Waals surface area contributed by atoms with E-state index in [9.17, 15) is 9.90 Å². The van der Waals surface area contributed by atoms with Gasteiger partial charge in [-0.15, -0.1) is 0 Å². The van der Waals surface area contributed by atoms with Crippen molar-refractivity contribution in [1.29, 1.82) is 0 Å². The Labute approximate surface area is 136 Å². The van der Waals surface area contributed by atoms with Gasteiger partial charge in [0, 0.05) is 6.20 Å². The van der Waals surface area contributed by atoms with E-state index >= 15 is 0 Å². The molecule has 23 heavy (non-hydrogen) atoms. The Kier molecular flexibility index (Phi) is 4.70. The van der Waals surface area contributed by atoms with Gasteiger partial charge in [0.1, 0.15) is 24.3 Å². The fourth-order valence-corrected chi connectivity index (χ4v) is 3.28. The molecule has 1 aromatic heterocycles. The van der Waals surface area contributed by atoms with Gasteiger partial charge in [0.05, 0.1) is 0 Å². The maximum Gasteiger partial charge on any atom is 0.352 e. The van der Waals surface area contributed by atoms with E-state index in [0.717, 1.165) is 0 Å². The zero-order valence-electron chi connectivity index (χ0n) is 14.2. The first-order valence-corrected chi connectivity index (χ1v) is 10.5. The van der Waals surface area contributed by atoms with Crippen molar-refractivity contribution in [1.82, 2.24) is 9.55 Å². The first kappa shape index (κ1) is 17.7. The molecule has 0 spiro atoms. The Hall–Kier alpha value is -1.64. The number of rotatable bonds is 4. The minimum Gasteiger partial charge on any atom is -0.469 e. The van der Waals surface area contributed by atoms with Crippen molar-refractivity contribution >= 4 is 14.1 Å². The van der Waals surface area contributed by atoms with Gasteiger partial charge < -0.3 is 20.0 Å². The summed E-state index contributed by atoms with van der Waals surface area (Å²) in [5.74, 6) is 0.545. The molecule has 0 saturated heterocycles. The highest BCUT2D eigenvalue weighted by Gasteiger charge is 2.43. The summed E-state index contributed by atoms with van der Waals surface area (Å²) in [6.45, 7) is 10.4. The molecular weight excluding hydrogens is 314 g/mol. The summed E-state index contributed by atoms with van der Waals surface area (Å²) in [4.78, 5) is 15.8. The molecule has 0 amide bonds. The van der Waals surface area contributed by atoms with Crippen LogP contribution in [0.3, 0.4) is 0 Å². The van der Waals surface area contributed by atoms with Gasteiger partial charge in [-0.2, -0.15) is 4.98 Å². The number of hydrogen-bond donors (Lipinski definition) is 2. The topological polar surface area (TPSA) is 99.6 Å². The molecule has 7 nitrogen and oxygen atoms in total. The largest absolute Gasteiger partial charge is 0.469 e. The highest BCUT2D eigenvalue weighted by Crippen LogP contribution is 2.40. The second kappa shape index (κ2) is 6.10. The lowest BCUT2D eigenvalue weighted by Crippen LogP contribution is -2.46. The molecule has 1 aliphatic rings. The molecule has 128 valence electrons. The number of nitrogen functional groups attached to an aromatic ring is 1. The van der Waals surface area contributed by atoms with Crippen molar-refractivity contribution in [2.24, 2.45) is 0 Å². The van der Waals surface area contributed by atoms with E-state index in [-0.39, 0.29) is 17.5 Å². The molecule has 2 heterocycles. The highest BCUT2D eigenvalue weighted by atomic mass is 28.4. The number of aliphatic hydroxyl groups is 1. The molecule has 0 aliphatic carbocycles. The Morgan fingerprint density at radius 2 is 2.13 bits per heavy atom. The summed E-state index contributed by atoms with van der Waals surface area (Å²) in [7, 11) is -2.08. The Bertz CT molecular complexity index is 663. The molecule has 8 heteroatoms. The fourth-order valence-electron chi connectivity index (χ4n) is 2.06. The van der Waals surface area contributed by atoms with Crippen LogP contribution in [0.15, 0.2) is 28.9 Å². The van der Waals surface area contributed by atoms with Gasteiger partial charge >= 0.3 is 5.69 Å². The molecule has 0 saturated carbocycles. The van der Waals surface area contributed by atoms with Crippen molar-refractivity contribution < 1.29 is 14.3 Å². The van der Waals surface area contributed by atoms with Crippen LogP contribution in [0, 0.1) is 0 Å². The van der Waals surface area contributed by atoms with Gasteiger partial charge in [-0.25, -0.2) is 4.79 Å². The Balaban J connectivity index is 2.34. The maximum absolute atomic E-state index is 12.1. The monoisotopic (exact) mass is 339 g/mol. The fraction of sp³-hybridized carbons (Fsp3) is 0.600. The molecular formula is C15H25N3O4Si. The van der Waals surface area contributed by atoms with Crippen molar-refractivity contribution in [3.8, 4) is 0 Å². The second-order valence-corrected chi connectivity index (χ2v) is 11.9. The van der Waals surface area contributed by atoms with Crippen LogP contribution < -0.4 is 11.4 Å². The number of nitrogens with zero attached hydrogens (tertiary/aromatic N) is 2. The van der Waals surface area contributed by atoms with Gasteiger partial charge in [0.25, 0.3) is 0 Å². The summed E-state index contributed by atoms with van der Waals surface area (Å²) < 4.78 is 13.4. The van der Waals surface area contributed by atoms with Crippen LogP contribution >= 0.6 is 0 Å². The number of hydrogen-bond acceptors (Lipinski definition) is 6. The quantitative estimate of drug-likeness (QED) is 0.809. The molecule has 1 aliphatic heterocycles. The van der Waals surface area contributed by atoms with Crippen LogP contribution in [0.1, 0.15) is 27.0 Å². The maximum atomic E-state index is 12.1. The Morgan fingerprint density at radius 1 is 1.48 bits per heavy atom. The summed E-state index contributed by atoms with van der Waals surface area (Å²) in [6.07, 6.45) is 2.12. The molecule has 1 aromatic rings. The number of anilines is 1. The minimum atomic E-state index is -2.08. The predicted molar refractivity (Wildman–Crippen MR) is 90.3 cm³/mol. The molecule has 1 unspecified atom stereocenters. The smallest absolute Gasteiger partial charge is 0.352 e. The molecule has 2 rings (SSSR count). The number of ether oxygens (including phenoxy) is 1. The summed E-state index contributed by atoms with van der Waals surface area (Å²) >= 11 is 0. The van der Waals surface area contributed by atoms with E-state index in [2.05, 4.69) is 38.8 Å². The number of aromatic nitrogens is 2. The van der Waals surface area contributed by atoms with Crippen molar-refractivity contribution in [2.75, 3.05) is 12.3 Å². The first-order valence-electron chi connectivity index (χ1n) is 7.56. The van der Waals surface area contributed by atoms with Gasteiger partial charge in [-0.3, -0.25) is 4.57 Å². The van der Waals surface area contributed by atoms with E-state index in [1.807, 2.05) is 0 Å². The van der Waals surface area contributed by atoms with Crippen LogP contribution in [0.4, 0.5) is 5.82 Å². The lowest BCUT2D eigenvalue weighted by Gasteiger charge is -2.39. The summed E-state index contributed by atoms with van der Waals surface area (Å²) in [5.41, 5.74) is 5.02. The van der Waals surface area contributed by atoms with Crippen molar-refractivity contribution in [3.05, 3.63) is 34.6 Å². The van der Waals surface area contributed by atoms with Crippen molar-refractivity contribution in [2.45, 2.75) is 51.2 Å². The summed E-state index contributed by atoms with van der Waals surface area (Å²) in [6, 6.07) is 1.53. The van der Waals surface area contributed by atoms with E-state index < -0.39 is 26.3 Å². The van der Waals surface area contributed by atoms with Crippen LogP contribution in [0.25, 0.3) is 0 Å².